The monoisotopic (exact) mass is 510 g/mol. The van der Waals surface area contributed by atoms with Crippen molar-refractivity contribution >= 4 is 35.5 Å². The van der Waals surface area contributed by atoms with Crippen LogP contribution in [0.3, 0.4) is 0 Å². The highest BCUT2D eigenvalue weighted by atomic mass is 31.2. The Hall–Kier alpha value is -3.18. The number of allylic oxidation sites excluding steroid dienone is 2. The van der Waals surface area contributed by atoms with Crippen LogP contribution in [0, 0.1) is 0 Å². The highest BCUT2D eigenvalue weighted by molar-refractivity contribution is 7.82. The Balaban J connectivity index is 1.49. The normalized spacial score (nSPS) is 11.7. The first-order chi connectivity index (χ1) is 17.5. The van der Waals surface area contributed by atoms with E-state index < -0.39 is 14.3 Å². The van der Waals surface area contributed by atoms with Crippen molar-refractivity contribution in [1.82, 2.24) is 0 Å². The molecule has 2 nitrogen and oxygen atoms in total. The molecule has 4 aromatic carbocycles. The summed E-state index contributed by atoms with van der Waals surface area (Å²) in [7, 11) is -5.96. The van der Waals surface area contributed by atoms with Crippen LogP contribution in [0.2, 0.25) is 0 Å². The van der Waals surface area contributed by atoms with Gasteiger partial charge in [0.25, 0.3) is 0 Å². The minimum Gasteiger partial charge on any atom is -0.309 e. The molecule has 0 radical (unpaired) electrons. The lowest BCUT2D eigenvalue weighted by molar-refractivity contribution is 0.586. The maximum absolute atomic E-state index is 14.4. The Morgan fingerprint density at radius 3 is 0.889 bits per heavy atom. The van der Waals surface area contributed by atoms with E-state index in [1.165, 1.54) is 0 Å². The summed E-state index contributed by atoms with van der Waals surface area (Å²) in [6.45, 7) is 8.60. The van der Waals surface area contributed by atoms with Crippen LogP contribution in [0.4, 0.5) is 0 Å². The van der Waals surface area contributed by atoms with Gasteiger partial charge in [-0.05, 0) is 36.3 Å². The average Bonchev–Trinajstić information content (AvgIpc) is 2.96. The minimum atomic E-state index is -2.98. The number of hydrogen-bond acceptors (Lipinski definition) is 2. The van der Waals surface area contributed by atoms with E-state index in [9.17, 15) is 9.13 Å². The van der Waals surface area contributed by atoms with E-state index in [1.807, 2.05) is 121 Å². The van der Waals surface area contributed by atoms with Gasteiger partial charge in [0.1, 0.15) is 0 Å². The van der Waals surface area contributed by atoms with Gasteiger partial charge in [-0.1, -0.05) is 134 Å². The van der Waals surface area contributed by atoms with Crippen molar-refractivity contribution in [2.75, 3.05) is 0 Å². The summed E-state index contributed by atoms with van der Waals surface area (Å²) in [5.41, 5.74) is 0. The number of unbranched alkanes of at least 4 members (excludes halogenated alkanes) is 1. The van der Waals surface area contributed by atoms with Crippen molar-refractivity contribution < 1.29 is 9.13 Å². The summed E-state index contributed by atoms with van der Waals surface area (Å²) >= 11 is 0. The zero-order valence-corrected chi connectivity index (χ0v) is 22.3. The van der Waals surface area contributed by atoms with Crippen molar-refractivity contribution in [3.63, 3.8) is 0 Å². The Morgan fingerprint density at radius 1 is 0.444 bits per heavy atom. The van der Waals surface area contributed by atoms with Crippen molar-refractivity contribution in [3.05, 3.63) is 145 Å². The molecule has 4 heteroatoms. The maximum Gasteiger partial charge on any atom is 0.166 e. The summed E-state index contributed by atoms with van der Waals surface area (Å²) in [4.78, 5) is 0. The molecule has 0 saturated heterocycles. The van der Waals surface area contributed by atoms with Crippen LogP contribution in [-0.4, -0.2) is 0 Å². The summed E-state index contributed by atoms with van der Waals surface area (Å²) in [5, 5.41) is 4.73. The van der Waals surface area contributed by atoms with E-state index in [4.69, 9.17) is 0 Å². The fraction of sp³-hybridized carbons (Fsp3) is 0.125. The average molecular weight is 511 g/mol. The molecule has 0 heterocycles. The predicted octanol–water partition coefficient (Wildman–Crippen LogP) is 7.60. The molecule has 0 fully saturated rings. The van der Waals surface area contributed by atoms with Crippen molar-refractivity contribution in [2.24, 2.45) is 0 Å². The van der Waals surface area contributed by atoms with Crippen LogP contribution < -0.4 is 21.2 Å². The molecule has 0 amide bonds. The molecule has 182 valence electrons. The number of rotatable bonds is 11. The lowest BCUT2D eigenvalue weighted by Gasteiger charge is -2.23. The zero-order chi connectivity index (χ0) is 25.4. The van der Waals surface area contributed by atoms with Gasteiger partial charge in [-0.15, -0.1) is 0 Å². The van der Waals surface area contributed by atoms with Gasteiger partial charge >= 0.3 is 0 Å². The third kappa shape index (κ3) is 5.31. The van der Waals surface area contributed by atoms with Gasteiger partial charge in [0, 0.05) is 21.2 Å². The summed E-state index contributed by atoms with van der Waals surface area (Å²) in [6.07, 6.45) is 2.86. The molecule has 0 aliphatic carbocycles. The molecule has 0 N–H and O–H groups in total. The smallest absolute Gasteiger partial charge is 0.166 e. The second-order valence-corrected chi connectivity index (χ2v) is 14.7. The van der Waals surface area contributed by atoms with E-state index in [1.54, 1.807) is 0 Å². The van der Waals surface area contributed by atoms with Crippen LogP contribution in [0.1, 0.15) is 25.7 Å². The topological polar surface area (TPSA) is 34.1 Å². The first kappa shape index (κ1) is 25.9. The summed E-state index contributed by atoms with van der Waals surface area (Å²) in [6, 6.07) is 38.5. The van der Waals surface area contributed by atoms with Crippen LogP contribution in [0.15, 0.2) is 145 Å². The molecule has 0 spiro atoms. The van der Waals surface area contributed by atoms with Gasteiger partial charge in [0.2, 0.25) is 0 Å². The number of benzene rings is 4. The largest absolute Gasteiger partial charge is 0.309 e. The van der Waals surface area contributed by atoms with E-state index in [-0.39, 0.29) is 0 Å². The van der Waals surface area contributed by atoms with E-state index in [0.717, 1.165) is 44.7 Å². The van der Waals surface area contributed by atoms with Gasteiger partial charge in [-0.25, -0.2) is 0 Å². The quantitative estimate of drug-likeness (QED) is 0.154. The van der Waals surface area contributed by atoms with Crippen molar-refractivity contribution in [1.29, 1.82) is 0 Å². The lowest BCUT2D eigenvalue weighted by Crippen LogP contribution is -2.17. The Kier molecular flexibility index (Phi) is 8.42. The zero-order valence-electron chi connectivity index (χ0n) is 20.5. The third-order valence-corrected chi connectivity index (χ3v) is 12.9. The van der Waals surface area contributed by atoms with Crippen LogP contribution in [0.5, 0.6) is 0 Å². The molecule has 0 aromatic heterocycles. The fourth-order valence-corrected chi connectivity index (χ4v) is 9.92. The molecule has 0 saturated carbocycles. The Bertz CT molecular complexity index is 1200. The van der Waals surface area contributed by atoms with Gasteiger partial charge in [0.05, 0.1) is 0 Å². The van der Waals surface area contributed by atoms with Gasteiger partial charge < -0.3 is 9.13 Å². The summed E-state index contributed by atoms with van der Waals surface area (Å²) < 4.78 is 28.8. The molecule has 4 aromatic rings. The standard InChI is InChI=1S/C32H32O2P2/c1-27(35(33,29-19-7-3-8-20-29)30-21-9-4-10-22-30)17-15-16-18-28(2)36(34,31-23-11-5-12-24-31)32-25-13-6-14-26-32/h3-14,19-26H,1-2,15-18H2. The molecular formula is C32H32O2P2. The molecule has 0 atom stereocenters. The van der Waals surface area contributed by atoms with E-state index in [2.05, 4.69) is 13.2 Å². The van der Waals surface area contributed by atoms with Crippen molar-refractivity contribution in [2.45, 2.75) is 25.7 Å². The first-order valence-electron chi connectivity index (χ1n) is 12.3. The fourth-order valence-electron chi connectivity index (χ4n) is 4.55. The molecule has 0 aliphatic rings. The van der Waals surface area contributed by atoms with E-state index >= 15 is 0 Å². The lowest BCUT2D eigenvalue weighted by atomic mass is 10.2. The second kappa shape index (κ2) is 11.7. The predicted molar refractivity (Wildman–Crippen MR) is 156 cm³/mol. The SMILES string of the molecule is C=C(CCCCC(=C)P(=O)(c1ccccc1)c1ccccc1)P(=O)(c1ccccc1)c1ccccc1. The van der Waals surface area contributed by atoms with Crippen LogP contribution >= 0.6 is 14.3 Å². The minimum absolute atomic E-state index is 0.634. The second-order valence-electron chi connectivity index (χ2n) is 8.90. The highest BCUT2D eigenvalue weighted by Crippen LogP contribution is 2.54. The van der Waals surface area contributed by atoms with Gasteiger partial charge in [-0.3, -0.25) is 0 Å². The highest BCUT2D eigenvalue weighted by Gasteiger charge is 2.31. The van der Waals surface area contributed by atoms with Crippen LogP contribution in [0.25, 0.3) is 0 Å². The first-order valence-corrected chi connectivity index (χ1v) is 15.7. The molecule has 4 rings (SSSR count). The Morgan fingerprint density at radius 2 is 0.667 bits per heavy atom. The maximum atomic E-state index is 14.4. The van der Waals surface area contributed by atoms with Gasteiger partial charge in [-0.2, -0.15) is 0 Å². The number of hydrogen-bond donors (Lipinski definition) is 0. The Labute approximate surface area is 215 Å². The summed E-state index contributed by atoms with van der Waals surface area (Å²) in [5.74, 6) is 0. The van der Waals surface area contributed by atoms with Crippen molar-refractivity contribution in [3.8, 4) is 0 Å². The molecular weight excluding hydrogens is 478 g/mol. The molecule has 0 bridgehead atoms. The molecule has 36 heavy (non-hydrogen) atoms. The van der Waals surface area contributed by atoms with E-state index in [0.29, 0.717) is 12.8 Å². The molecule has 0 aliphatic heterocycles. The molecule has 0 unspecified atom stereocenters. The third-order valence-electron chi connectivity index (χ3n) is 6.55. The van der Waals surface area contributed by atoms with Gasteiger partial charge in [0.15, 0.2) is 14.3 Å². The van der Waals surface area contributed by atoms with Crippen LogP contribution in [-0.2, 0) is 9.13 Å².